The van der Waals surface area contributed by atoms with E-state index in [1.165, 1.54) is 6.07 Å². The molecule has 0 aromatic heterocycles. The fraction of sp³-hybridized carbons (Fsp3) is 0.235. The third-order valence-electron chi connectivity index (χ3n) is 3.21. The summed E-state index contributed by atoms with van der Waals surface area (Å²) in [6.45, 7) is 2.50. The largest absolute Gasteiger partial charge is 0.325 e. The molecule has 0 aliphatic heterocycles. The fourth-order valence-corrected chi connectivity index (χ4v) is 2.33. The minimum atomic E-state index is -0.329. The number of anilines is 1. The van der Waals surface area contributed by atoms with E-state index in [4.69, 9.17) is 11.6 Å². The lowest BCUT2D eigenvalue weighted by molar-refractivity contribution is -0.117. The highest BCUT2D eigenvalue weighted by atomic mass is 35.5. The number of amides is 1. The van der Waals surface area contributed by atoms with E-state index in [1.807, 2.05) is 36.2 Å². The summed E-state index contributed by atoms with van der Waals surface area (Å²) in [5, 5.41) is 3.36. The lowest BCUT2D eigenvalue weighted by Crippen LogP contribution is -2.29. The first kappa shape index (κ1) is 16.5. The number of halogens is 2. The molecule has 0 unspecified atom stereocenters. The molecule has 0 aliphatic carbocycles. The van der Waals surface area contributed by atoms with E-state index in [2.05, 4.69) is 5.32 Å². The number of carbonyl (C=O) groups is 1. The molecule has 0 saturated carbocycles. The first-order valence-electron chi connectivity index (χ1n) is 6.93. The lowest BCUT2D eigenvalue weighted by Gasteiger charge is -2.16. The predicted molar refractivity (Wildman–Crippen MR) is 87.6 cm³/mol. The van der Waals surface area contributed by atoms with Crippen LogP contribution in [0.4, 0.5) is 10.1 Å². The maximum atomic E-state index is 13.4. The fourth-order valence-electron chi connectivity index (χ4n) is 2.12. The van der Waals surface area contributed by atoms with Crippen molar-refractivity contribution < 1.29 is 9.18 Å². The van der Waals surface area contributed by atoms with Crippen LogP contribution in [0, 0.1) is 12.7 Å². The van der Waals surface area contributed by atoms with E-state index in [0.29, 0.717) is 22.8 Å². The number of nitrogens with zero attached hydrogens (tertiary/aromatic N) is 1. The maximum Gasteiger partial charge on any atom is 0.238 e. The molecular weight excluding hydrogens is 303 g/mol. The van der Waals surface area contributed by atoms with Crippen LogP contribution in [0.5, 0.6) is 0 Å². The number of nitrogens with one attached hydrogen (secondary N) is 1. The van der Waals surface area contributed by atoms with E-state index in [-0.39, 0.29) is 18.3 Å². The minimum Gasteiger partial charge on any atom is -0.325 e. The van der Waals surface area contributed by atoms with Crippen molar-refractivity contribution in [3.8, 4) is 0 Å². The molecule has 0 heterocycles. The van der Waals surface area contributed by atoms with Gasteiger partial charge in [-0.3, -0.25) is 9.69 Å². The van der Waals surface area contributed by atoms with Crippen molar-refractivity contribution in [2.24, 2.45) is 0 Å². The van der Waals surface area contributed by atoms with Gasteiger partial charge in [-0.1, -0.05) is 29.8 Å². The topological polar surface area (TPSA) is 32.3 Å². The molecule has 0 radical (unpaired) electrons. The van der Waals surface area contributed by atoms with Crippen molar-refractivity contribution in [2.75, 3.05) is 18.9 Å². The summed E-state index contributed by atoms with van der Waals surface area (Å²) in [5.74, 6) is -0.516. The summed E-state index contributed by atoms with van der Waals surface area (Å²) >= 11 is 5.94. The summed E-state index contributed by atoms with van der Waals surface area (Å²) in [6.07, 6.45) is 0. The van der Waals surface area contributed by atoms with E-state index >= 15 is 0 Å². The van der Waals surface area contributed by atoms with Gasteiger partial charge in [-0.25, -0.2) is 4.39 Å². The second-order valence-electron chi connectivity index (χ2n) is 5.31. The maximum absolute atomic E-state index is 13.4. The molecule has 0 bridgehead atoms. The van der Waals surface area contributed by atoms with Gasteiger partial charge >= 0.3 is 0 Å². The highest BCUT2D eigenvalue weighted by molar-refractivity contribution is 6.30. The summed E-state index contributed by atoms with van der Waals surface area (Å²) in [6, 6.07) is 12.2. The molecule has 2 aromatic carbocycles. The monoisotopic (exact) mass is 320 g/mol. The van der Waals surface area contributed by atoms with E-state index in [1.54, 1.807) is 19.1 Å². The van der Waals surface area contributed by atoms with Gasteiger partial charge in [0.05, 0.1) is 6.54 Å². The van der Waals surface area contributed by atoms with Crippen LogP contribution in [0.15, 0.2) is 42.5 Å². The normalized spacial score (nSPS) is 10.8. The van der Waals surface area contributed by atoms with Crippen LogP contribution in [-0.2, 0) is 11.3 Å². The molecule has 116 valence electrons. The molecular formula is C17H18ClFN2O. The van der Waals surface area contributed by atoms with Gasteiger partial charge < -0.3 is 5.32 Å². The van der Waals surface area contributed by atoms with E-state index < -0.39 is 0 Å². The van der Waals surface area contributed by atoms with Gasteiger partial charge in [-0.2, -0.15) is 0 Å². The van der Waals surface area contributed by atoms with Crippen molar-refractivity contribution in [2.45, 2.75) is 13.5 Å². The Bertz CT molecular complexity index is 675. The summed E-state index contributed by atoms with van der Waals surface area (Å²) in [4.78, 5) is 13.8. The number of hydrogen-bond acceptors (Lipinski definition) is 2. The van der Waals surface area contributed by atoms with Crippen molar-refractivity contribution in [1.82, 2.24) is 4.90 Å². The number of hydrogen-bond donors (Lipinski definition) is 1. The first-order valence-corrected chi connectivity index (χ1v) is 7.31. The van der Waals surface area contributed by atoms with Crippen LogP contribution in [0.2, 0.25) is 5.02 Å². The second kappa shape index (κ2) is 7.38. The smallest absolute Gasteiger partial charge is 0.238 e. The molecule has 0 fully saturated rings. The third kappa shape index (κ3) is 4.83. The number of benzene rings is 2. The zero-order valence-corrected chi connectivity index (χ0v) is 13.3. The Balaban J connectivity index is 1.89. The first-order chi connectivity index (χ1) is 10.4. The van der Waals surface area contributed by atoms with Gasteiger partial charge in [-0.15, -0.1) is 0 Å². The molecule has 2 rings (SSSR count). The molecule has 5 heteroatoms. The standard InChI is InChI=1S/C17H18ClFN2O/c1-12-6-7-15(9-16(12)19)20-17(22)11-21(2)10-13-4-3-5-14(18)8-13/h3-9H,10-11H2,1-2H3,(H,20,22). The van der Waals surface area contributed by atoms with Gasteiger partial charge in [0, 0.05) is 17.3 Å². The van der Waals surface area contributed by atoms with Crippen molar-refractivity contribution in [3.63, 3.8) is 0 Å². The molecule has 1 amide bonds. The molecule has 0 aliphatic rings. The van der Waals surface area contributed by atoms with Gasteiger partial charge in [0.1, 0.15) is 5.82 Å². The zero-order valence-electron chi connectivity index (χ0n) is 12.6. The van der Waals surface area contributed by atoms with Gasteiger partial charge in [-0.05, 0) is 49.4 Å². The molecule has 0 atom stereocenters. The van der Waals surface area contributed by atoms with Crippen LogP contribution in [0.3, 0.4) is 0 Å². The Hall–Kier alpha value is -1.91. The summed E-state index contributed by atoms with van der Waals surface area (Å²) < 4.78 is 13.4. The quantitative estimate of drug-likeness (QED) is 0.907. The Kier molecular flexibility index (Phi) is 5.52. The summed E-state index contributed by atoms with van der Waals surface area (Å²) in [5.41, 5.74) is 2.05. The van der Waals surface area contributed by atoms with Crippen molar-refractivity contribution in [1.29, 1.82) is 0 Å². The number of likely N-dealkylation sites (N-methyl/N-ethyl adjacent to an activating group) is 1. The highest BCUT2D eigenvalue weighted by Gasteiger charge is 2.09. The number of carbonyl (C=O) groups excluding carboxylic acids is 1. The minimum absolute atomic E-state index is 0.187. The predicted octanol–water partition coefficient (Wildman–Crippen LogP) is 3.86. The second-order valence-corrected chi connectivity index (χ2v) is 5.75. The molecule has 3 nitrogen and oxygen atoms in total. The van der Waals surface area contributed by atoms with Gasteiger partial charge in [0.25, 0.3) is 0 Å². The van der Waals surface area contributed by atoms with Crippen LogP contribution in [-0.4, -0.2) is 24.4 Å². The van der Waals surface area contributed by atoms with Crippen LogP contribution in [0.25, 0.3) is 0 Å². The van der Waals surface area contributed by atoms with Crippen molar-refractivity contribution in [3.05, 3.63) is 64.4 Å². The Morgan fingerprint density at radius 1 is 1.27 bits per heavy atom. The highest BCUT2D eigenvalue weighted by Crippen LogP contribution is 2.14. The Morgan fingerprint density at radius 2 is 2.05 bits per heavy atom. The Labute approximate surface area is 134 Å². The lowest BCUT2D eigenvalue weighted by atomic mass is 10.2. The molecule has 0 spiro atoms. The third-order valence-corrected chi connectivity index (χ3v) is 3.45. The number of rotatable bonds is 5. The van der Waals surface area contributed by atoms with Crippen LogP contribution < -0.4 is 5.32 Å². The van der Waals surface area contributed by atoms with Crippen LogP contribution >= 0.6 is 11.6 Å². The van der Waals surface area contributed by atoms with Gasteiger partial charge in [0.15, 0.2) is 0 Å². The molecule has 1 N–H and O–H groups in total. The zero-order chi connectivity index (χ0) is 16.1. The van der Waals surface area contributed by atoms with Crippen LogP contribution in [0.1, 0.15) is 11.1 Å². The average molecular weight is 321 g/mol. The summed E-state index contributed by atoms with van der Waals surface area (Å²) in [7, 11) is 1.84. The van der Waals surface area contributed by atoms with E-state index in [0.717, 1.165) is 5.56 Å². The Morgan fingerprint density at radius 3 is 2.73 bits per heavy atom. The van der Waals surface area contributed by atoms with Crippen molar-refractivity contribution >= 4 is 23.2 Å². The van der Waals surface area contributed by atoms with E-state index in [9.17, 15) is 9.18 Å². The molecule has 2 aromatic rings. The number of aryl methyl sites for hydroxylation is 1. The SMILES string of the molecule is Cc1ccc(NC(=O)CN(C)Cc2cccc(Cl)c2)cc1F. The molecule has 0 saturated heterocycles. The molecule has 22 heavy (non-hydrogen) atoms. The average Bonchev–Trinajstić information content (AvgIpc) is 2.42. The van der Waals surface area contributed by atoms with Gasteiger partial charge in [0.2, 0.25) is 5.91 Å².